The molecule has 1 N–H and O–H groups in total. The van der Waals surface area contributed by atoms with Crippen LogP contribution in [-0.4, -0.2) is 34.2 Å². The van der Waals surface area contributed by atoms with E-state index in [-0.39, 0.29) is 0 Å². The highest BCUT2D eigenvalue weighted by molar-refractivity contribution is 4.84. The van der Waals surface area contributed by atoms with E-state index in [0.29, 0.717) is 12.1 Å². The molecule has 0 aromatic carbocycles. The van der Waals surface area contributed by atoms with E-state index in [9.17, 15) is 5.11 Å². The topological polar surface area (TPSA) is 23.5 Å². The SMILES string of the molecule is CC(C)N(CC(C)(O)CC1CCCCC1)C(C)C. The Kier molecular flexibility index (Phi) is 6.13. The molecule has 0 aromatic heterocycles. The molecule has 1 saturated carbocycles. The minimum absolute atomic E-state index is 0.503. The summed E-state index contributed by atoms with van der Waals surface area (Å²) in [6.07, 6.45) is 7.72. The largest absolute Gasteiger partial charge is 0.389 e. The second-order valence-electron chi connectivity index (χ2n) is 7.06. The van der Waals surface area contributed by atoms with Gasteiger partial charge in [-0.1, -0.05) is 32.1 Å². The fourth-order valence-corrected chi connectivity index (χ4v) is 3.43. The predicted octanol–water partition coefficient (Wildman–Crippen LogP) is 3.83. The maximum Gasteiger partial charge on any atom is 0.0749 e. The summed E-state index contributed by atoms with van der Waals surface area (Å²) < 4.78 is 0. The van der Waals surface area contributed by atoms with Crippen molar-refractivity contribution in [2.24, 2.45) is 5.92 Å². The molecule has 1 atom stereocenters. The van der Waals surface area contributed by atoms with E-state index in [2.05, 4.69) is 32.6 Å². The van der Waals surface area contributed by atoms with Crippen molar-refractivity contribution in [3.8, 4) is 0 Å². The maximum absolute atomic E-state index is 10.7. The third-order valence-electron chi connectivity index (χ3n) is 4.30. The van der Waals surface area contributed by atoms with Gasteiger partial charge in [0.05, 0.1) is 5.60 Å². The first-order chi connectivity index (χ1) is 8.32. The van der Waals surface area contributed by atoms with E-state index in [1.54, 1.807) is 0 Å². The van der Waals surface area contributed by atoms with Gasteiger partial charge in [-0.25, -0.2) is 0 Å². The van der Waals surface area contributed by atoms with Crippen molar-refractivity contribution in [2.75, 3.05) is 6.54 Å². The molecular formula is C16H33NO. The lowest BCUT2D eigenvalue weighted by molar-refractivity contribution is -0.0216. The summed E-state index contributed by atoms with van der Waals surface area (Å²) in [6.45, 7) is 11.7. The lowest BCUT2D eigenvalue weighted by atomic mass is 9.81. The molecule has 1 unspecified atom stereocenters. The van der Waals surface area contributed by atoms with Gasteiger partial charge < -0.3 is 5.11 Å². The Bertz CT molecular complexity index is 221. The van der Waals surface area contributed by atoms with E-state index in [4.69, 9.17) is 0 Å². The molecule has 1 aliphatic rings. The van der Waals surface area contributed by atoms with Crippen LogP contribution < -0.4 is 0 Å². The maximum atomic E-state index is 10.7. The molecule has 0 heterocycles. The van der Waals surface area contributed by atoms with Gasteiger partial charge in [-0.2, -0.15) is 0 Å². The van der Waals surface area contributed by atoms with Crippen LogP contribution in [0.4, 0.5) is 0 Å². The van der Waals surface area contributed by atoms with E-state index in [1.807, 2.05) is 6.92 Å². The predicted molar refractivity (Wildman–Crippen MR) is 78.8 cm³/mol. The molecule has 0 saturated heterocycles. The summed E-state index contributed by atoms with van der Waals surface area (Å²) in [5, 5.41) is 10.7. The second kappa shape index (κ2) is 6.91. The van der Waals surface area contributed by atoms with Gasteiger partial charge >= 0.3 is 0 Å². The lowest BCUT2D eigenvalue weighted by Gasteiger charge is -2.39. The van der Waals surface area contributed by atoms with Crippen molar-refractivity contribution >= 4 is 0 Å². The van der Waals surface area contributed by atoms with E-state index >= 15 is 0 Å². The first kappa shape index (κ1) is 16.0. The van der Waals surface area contributed by atoms with Gasteiger partial charge in [-0.3, -0.25) is 4.90 Å². The van der Waals surface area contributed by atoms with E-state index in [0.717, 1.165) is 18.9 Å². The molecule has 2 nitrogen and oxygen atoms in total. The highest BCUT2D eigenvalue weighted by Crippen LogP contribution is 2.31. The van der Waals surface area contributed by atoms with Gasteiger partial charge in [0.2, 0.25) is 0 Å². The van der Waals surface area contributed by atoms with Crippen LogP contribution in [0.5, 0.6) is 0 Å². The van der Waals surface area contributed by atoms with E-state index < -0.39 is 5.60 Å². The molecule has 1 fully saturated rings. The highest BCUT2D eigenvalue weighted by Gasteiger charge is 2.30. The number of aliphatic hydroxyl groups is 1. The minimum Gasteiger partial charge on any atom is -0.389 e. The fourth-order valence-electron chi connectivity index (χ4n) is 3.43. The summed E-state index contributed by atoms with van der Waals surface area (Å²) in [5.41, 5.74) is -0.531. The summed E-state index contributed by atoms with van der Waals surface area (Å²) in [7, 11) is 0. The zero-order valence-electron chi connectivity index (χ0n) is 13.1. The summed E-state index contributed by atoms with van der Waals surface area (Å²) in [4.78, 5) is 2.41. The molecule has 1 aliphatic carbocycles. The molecule has 1 rings (SSSR count). The quantitative estimate of drug-likeness (QED) is 0.780. The minimum atomic E-state index is -0.531. The highest BCUT2D eigenvalue weighted by atomic mass is 16.3. The molecule has 0 radical (unpaired) electrons. The Morgan fingerprint density at radius 3 is 2.00 bits per heavy atom. The van der Waals surface area contributed by atoms with Gasteiger partial charge in [0.1, 0.15) is 0 Å². The van der Waals surface area contributed by atoms with Crippen LogP contribution in [0.15, 0.2) is 0 Å². The van der Waals surface area contributed by atoms with Crippen LogP contribution in [0, 0.1) is 5.92 Å². The molecule has 108 valence electrons. The Balaban J connectivity index is 2.50. The van der Waals surface area contributed by atoms with Gasteiger partial charge in [-0.05, 0) is 47.0 Å². The van der Waals surface area contributed by atoms with Crippen molar-refractivity contribution in [2.45, 2.75) is 90.8 Å². The summed E-state index contributed by atoms with van der Waals surface area (Å²) in [5.74, 6) is 0.745. The molecule has 0 aromatic rings. The first-order valence-electron chi connectivity index (χ1n) is 7.80. The number of hydrogen-bond acceptors (Lipinski definition) is 2. The smallest absolute Gasteiger partial charge is 0.0749 e. The first-order valence-corrected chi connectivity index (χ1v) is 7.80. The van der Waals surface area contributed by atoms with Gasteiger partial charge in [-0.15, -0.1) is 0 Å². The van der Waals surface area contributed by atoms with Crippen LogP contribution in [0.3, 0.4) is 0 Å². The Morgan fingerprint density at radius 1 is 1.06 bits per heavy atom. The van der Waals surface area contributed by atoms with Gasteiger partial charge in [0.15, 0.2) is 0 Å². The average molecular weight is 255 g/mol. The monoisotopic (exact) mass is 255 g/mol. The number of hydrogen-bond donors (Lipinski definition) is 1. The molecule has 2 heteroatoms. The Hall–Kier alpha value is -0.0800. The van der Waals surface area contributed by atoms with Crippen LogP contribution in [0.25, 0.3) is 0 Å². The Labute approximate surface area is 114 Å². The van der Waals surface area contributed by atoms with Crippen molar-refractivity contribution in [1.29, 1.82) is 0 Å². The molecule has 0 spiro atoms. The zero-order chi connectivity index (χ0) is 13.8. The van der Waals surface area contributed by atoms with Crippen LogP contribution >= 0.6 is 0 Å². The van der Waals surface area contributed by atoms with Gasteiger partial charge in [0.25, 0.3) is 0 Å². The molecule has 0 aliphatic heterocycles. The Morgan fingerprint density at radius 2 is 1.56 bits per heavy atom. The third-order valence-corrected chi connectivity index (χ3v) is 4.30. The summed E-state index contributed by atoms with van der Waals surface area (Å²) >= 11 is 0. The number of nitrogens with zero attached hydrogens (tertiary/aromatic N) is 1. The second-order valence-corrected chi connectivity index (χ2v) is 7.06. The zero-order valence-corrected chi connectivity index (χ0v) is 13.1. The normalized spacial score (nSPS) is 21.8. The van der Waals surface area contributed by atoms with Crippen LogP contribution in [-0.2, 0) is 0 Å². The van der Waals surface area contributed by atoms with Crippen molar-refractivity contribution < 1.29 is 5.11 Å². The van der Waals surface area contributed by atoms with Crippen LogP contribution in [0.1, 0.15) is 73.1 Å². The standard InChI is InChI=1S/C16H33NO/c1-13(2)17(14(3)4)12-16(5,18)11-15-9-7-6-8-10-15/h13-15,18H,6-12H2,1-5H3. The van der Waals surface area contributed by atoms with E-state index in [1.165, 1.54) is 32.1 Å². The van der Waals surface area contributed by atoms with Crippen LogP contribution in [0.2, 0.25) is 0 Å². The fraction of sp³-hybridized carbons (Fsp3) is 1.00. The summed E-state index contributed by atoms with van der Waals surface area (Å²) in [6, 6.07) is 1.01. The number of rotatable bonds is 6. The van der Waals surface area contributed by atoms with Crippen molar-refractivity contribution in [3.05, 3.63) is 0 Å². The molecule has 0 bridgehead atoms. The third kappa shape index (κ3) is 5.27. The van der Waals surface area contributed by atoms with Crippen molar-refractivity contribution in [1.82, 2.24) is 4.90 Å². The van der Waals surface area contributed by atoms with Crippen molar-refractivity contribution in [3.63, 3.8) is 0 Å². The molecule has 0 amide bonds. The average Bonchev–Trinajstić information content (AvgIpc) is 2.26. The lowest BCUT2D eigenvalue weighted by Crippen LogP contribution is -2.48. The molecule has 18 heavy (non-hydrogen) atoms. The van der Waals surface area contributed by atoms with Gasteiger partial charge in [0, 0.05) is 18.6 Å². The molecular weight excluding hydrogens is 222 g/mol.